The number of halogens is 1. The lowest BCUT2D eigenvalue weighted by atomic mass is 10.1. The number of ether oxygens (including phenoxy) is 1. The van der Waals surface area contributed by atoms with Crippen molar-refractivity contribution < 1.29 is 14.3 Å². The minimum absolute atomic E-state index is 0.0936. The van der Waals surface area contributed by atoms with Gasteiger partial charge in [-0.2, -0.15) is 0 Å². The lowest BCUT2D eigenvalue weighted by Crippen LogP contribution is -2.48. The van der Waals surface area contributed by atoms with E-state index in [-0.39, 0.29) is 17.6 Å². The van der Waals surface area contributed by atoms with Gasteiger partial charge in [0.05, 0.1) is 12.9 Å². The number of hydrogen-bond donors (Lipinski definition) is 1. The smallest absolute Gasteiger partial charge is 0.242 e. The van der Waals surface area contributed by atoms with Gasteiger partial charge in [0.15, 0.2) is 0 Å². The van der Waals surface area contributed by atoms with E-state index in [1.807, 2.05) is 36.4 Å². The van der Waals surface area contributed by atoms with Crippen molar-refractivity contribution in [3.63, 3.8) is 0 Å². The summed E-state index contributed by atoms with van der Waals surface area (Å²) in [5, 5.41) is 3.59. The van der Waals surface area contributed by atoms with E-state index in [4.69, 9.17) is 16.3 Å². The van der Waals surface area contributed by atoms with Crippen LogP contribution in [0.15, 0.2) is 53.4 Å². The predicted molar refractivity (Wildman–Crippen MR) is 123 cm³/mol. The van der Waals surface area contributed by atoms with Crippen molar-refractivity contribution in [1.29, 1.82) is 0 Å². The Morgan fingerprint density at radius 2 is 1.80 bits per heavy atom. The summed E-state index contributed by atoms with van der Waals surface area (Å²) in [7, 11) is 1.61. The number of carbonyl (C=O) groups excluding carboxylic acids is 2. The first-order valence-corrected chi connectivity index (χ1v) is 11.4. The Bertz CT molecular complexity index is 812. The second-order valence-corrected chi connectivity index (χ2v) is 8.42. The highest BCUT2D eigenvalue weighted by atomic mass is 35.5. The van der Waals surface area contributed by atoms with Crippen LogP contribution in [0.1, 0.15) is 32.3 Å². The van der Waals surface area contributed by atoms with E-state index in [1.54, 1.807) is 31.1 Å². The number of thioether (sulfide) groups is 1. The minimum Gasteiger partial charge on any atom is -0.497 e. The first kappa shape index (κ1) is 24.1. The molecule has 0 spiro atoms. The molecule has 0 aromatic heterocycles. The van der Waals surface area contributed by atoms with Gasteiger partial charge in [-0.1, -0.05) is 37.1 Å². The van der Waals surface area contributed by atoms with Crippen LogP contribution in [0.4, 0.5) is 0 Å². The zero-order valence-corrected chi connectivity index (χ0v) is 19.3. The monoisotopic (exact) mass is 448 g/mol. The third kappa shape index (κ3) is 7.58. The Balaban J connectivity index is 2.10. The van der Waals surface area contributed by atoms with Gasteiger partial charge in [-0.15, -0.1) is 11.8 Å². The molecule has 2 amide bonds. The van der Waals surface area contributed by atoms with Crippen molar-refractivity contribution in [2.45, 2.75) is 44.2 Å². The lowest BCUT2D eigenvalue weighted by molar-refractivity contribution is -0.138. The van der Waals surface area contributed by atoms with Crippen molar-refractivity contribution in [2.75, 3.05) is 19.4 Å². The van der Waals surface area contributed by atoms with E-state index in [1.165, 1.54) is 11.8 Å². The van der Waals surface area contributed by atoms with Crippen molar-refractivity contribution in [1.82, 2.24) is 10.2 Å². The fourth-order valence-electron chi connectivity index (χ4n) is 2.81. The summed E-state index contributed by atoms with van der Waals surface area (Å²) in [4.78, 5) is 28.3. The number of unbranched alkanes of at least 4 members (excludes halogenated alkanes) is 1. The molecule has 0 aliphatic rings. The predicted octanol–water partition coefficient (Wildman–Crippen LogP) is 4.77. The van der Waals surface area contributed by atoms with E-state index < -0.39 is 6.04 Å². The van der Waals surface area contributed by atoms with Crippen LogP contribution in [0, 0.1) is 0 Å². The average Bonchev–Trinajstić information content (AvgIpc) is 2.77. The first-order chi connectivity index (χ1) is 14.4. The van der Waals surface area contributed by atoms with E-state index >= 15 is 0 Å². The van der Waals surface area contributed by atoms with Gasteiger partial charge in [0, 0.05) is 23.0 Å². The Labute approximate surface area is 188 Å². The van der Waals surface area contributed by atoms with Gasteiger partial charge in [0.2, 0.25) is 11.8 Å². The molecule has 0 heterocycles. The Hall–Kier alpha value is -2.18. The highest BCUT2D eigenvalue weighted by Crippen LogP contribution is 2.22. The quantitative estimate of drug-likeness (QED) is 0.397. The Morgan fingerprint density at radius 3 is 2.40 bits per heavy atom. The maximum Gasteiger partial charge on any atom is 0.242 e. The number of benzene rings is 2. The second-order valence-electron chi connectivity index (χ2n) is 6.93. The third-order valence-corrected chi connectivity index (χ3v) is 5.93. The largest absolute Gasteiger partial charge is 0.497 e. The Kier molecular flexibility index (Phi) is 10.0. The van der Waals surface area contributed by atoms with Gasteiger partial charge in [0.1, 0.15) is 11.8 Å². The van der Waals surface area contributed by atoms with Gasteiger partial charge in [-0.3, -0.25) is 9.59 Å². The zero-order valence-electron chi connectivity index (χ0n) is 17.7. The topological polar surface area (TPSA) is 58.6 Å². The minimum atomic E-state index is -0.567. The fourth-order valence-corrected chi connectivity index (χ4v) is 3.72. The van der Waals surface area contributed by atoms with Crippen LogP contribution in [0.5, 0.6) is 5.75 Å². The van der Waals surface area contributed by atoms with Crippen molar-refractivity contribution >= 4 is 35.2 Å². The highest BCUT2D eigenvalue weighted by Gasteiger charge is 2.26. The van der Waals surface area contributed by atoms with Crippen LogP contribution >= 0.6 is 23.4 Å². The molecule has 0 aliphatic heterocycles. The molecule has 2 rings (SSSR count). The molecule has 0 unspecified atom stereocenters. The number of nitrogens with zero attached hydrogens (tertiary/aromatic N) is 1. The molecule has 162 valence electrons. The van der Waals surface area contributed by atoms with Crippen LogP contribution in [0.3, 0.4) is 0 Å². The molecule has 30 heavy (non-hydrogen) atoms. The highest BCUT2D eigenvalue weighted by molar-refractivity contribution is 8.00. The fraction of sp³-hybridized carbons (Fsp3) is 0.391. The molecule has 0 fully saturated rings. The van der Waals surface area contributed by atoms with E-state index in [0.29, 0.717) is 18.1 Å². The maximum absolute atomic E-state index is 13.1. The standard InChI is InChI=1S/C23H29ClN2O3S/c1-4-5-14-25-23(28)17(2)26(15-18-6-10-20(29-3)11-7-18)22(27)16-30-21-12-8-19(24)9-13-21/h6-13,17H,4-5,14-16H2,1-3H3,(H,25,28)/t17-/m1/s1. The molecule has 0 radical (unpaired) electrons. The summed E-state index contributed by atoms with van der Waals surface area (Å²) in [5.41, 5.74) is 0.939. The van der Waals surface area contributed by atoms with Gasteiger partial charge in [-0.25, -0.2) is 0 Å². The maximum atomic E-state index is 13.1. The number of hydrogen-bond acceptors (Lipinski definition) is 4. The Morgan fingerprint density at radius 1 is 1.13 bits per heavy atom. The SMILES string of the molecule is CCCCNC(=O)[C@@H](C)N(Cc1ccc(OC)cc1)C(=O)CSc1ccc(Cl)cc1. The summed E-state index contributed by atoms with van der Waals surface area (Å²) < 4.78 is 5.20. The van der Waals surface area contributed by atoms with Crippen molar-refractivity contribution in [3.05, 3.63) is 59.1 Å². The number of rotatable bonds is 11. The molecule has 2 aromatic rings. The van der Waals surface area contributed by atoms with E-state index in [2.05, 4.69) is 12.2 Å². The molecule has 2 aromatic carbocycles. The van der Waals surface area contributed by atoms with E-state index in [0.717, 1.165) is 29.1 Å². The molecule has 0 saturated heterocycles. The lowest BCUT2D eigenvalue weighted by Gasteiger charge is -2.29. The third-order valence-electron chi connectivity index (χ3n) is 4.68. The molecule has 1 N–H and O–H groups in total. The summed E-state index contributed by atoms with van der Waals surface area (Å²) in [5.74, 6) is 0.760. The number of amides is 2. The average molecular weight is 449 g/mol. The summed E-state index contributed by atoms with van der Waals surface area (Å²) >= 11 is 7.36. The van der Waals surface area contributed by atoms with Gasteiger partial charge in [-0.05, 0) is 55.3 Å². The molecule has 7 heteroatoms. The van der Waals surface area contributed by atoms with Crippen LogP contribution in [-0.4, -0.2) is 42.2 Å². The van der Waals surface area contributed by atoms with E-state index in [9.17, 15) is 9.59 Å². The number of nitrogens with one attached hydrogen (secondary N) is 1. The van der Waals surface area contributed by atoms with Gasteiger partial charge < -0.3 is 15.0 Å². The summed E-state index contributed by atoms with van der Waals surface area (Å²) in [6.07, 6.45) is 1.91. The van der Waals surface area contributed by atoms with Crippen LogP contribution in [0.2, 0.25) is 5.02 Å². The summed E-state index contributed by atoms with van der Waals surface area (Å²) in [6.45, 7) is 4.81. The molecule has 0 bridgehead atoms. The molecule has 0 aliphatic carbocycles. The van der Waals surface area contributed by atoms with Crippen LogP contribution in [-0.2, 0) is 16.1 Å². The van der Waals surface area contributed by atoms with Crippen molar-refractivity contribution in [3.8, 4) is 5.75 Å². The van der Waals surface area contributed by atoms with Crippen LogP contribution in [0.25, 0.3) is 0 Å². The molecular weight excluding hydrogens is 420 g/mol. The second kappa shape index (κ2) is 12.5. The zero-order chi connectivity index (χ0) is 21.9. The molecule has 1 atom stereocenters. The molecule has 5 nitrogen and oxygen atoms in total. The molecular formula is C23H29ClN2O3S. The number of methoxy groups -OCH3 is 1. The van der Waals surface area contributed by atoms with Crippen LogP contribution < -0.4 is 10.1 Å². The summed E-state index contributed by atoms with van der Waals surface area (Å²) in [6, 6.07) is 14.3. The number of carbonyl (C=O) groups is 2. The molecule has 0 saturated carbocycles. The normalized spacial score (nSPS) is 11.6. The van der Waals surface area contributed by atoms with Gasteiger partial charge >= 0.3 is 0 Å². The van der Waals surface area contributed by atoms with Crippen molar-refractivity contribution in [2.24, 2.45) is 0 Å². The van der Waals surface area contributed by atoms with Gasteiger partial charge in [0.25, 0.3) is 0 Å². The first-order valence-electron chi connectivity index (χ1n) is 10.0.